The molecule has 0 bridgehead atoms. The second-order valence-corrected chi connectivity index (χ2v) is 19.1. The Morgan fingerprint density at radius 2 is 1.19 bits per heavy atom. The largest absolute Gasteiger partial charge is 0.735 e. The quantitative estimate of drug-likeness (QED) is 0.0468. The summed E-state index contributed by atoms with van der Waals surface area (Å²) in [7, 11) is -14.4. The Morgan fingerprint density at radius 1 is 0.627 bits per heavy atom. The van der Waals surface area contributed by atoms with Gasteiger partial charge in [0.2, 0.25) is 20.8 Å². The van der Waals surface area contributed by atoms with E-state index in [-0.39, 0.29) is 52.5 Å². The number of hydrogen-bond donors (Lipinski definition) is 5. The minimum absolute atomic E-state index is 0. The number of hydrogen-bond acceptors (Lipinski definition) is 28. The van der Waals surface area contributed by atoms with E-state index in [1.807, 2.05) is 0 Å². The van der Waals surface area contributed by atoms with Gasteiger partial charge < -0.3 is 102 Å². The predicted molar refractivity (Wildman–Crippen MR) is 200 cm³/mol. The van der Waals surface area contributed by atoms with Crippen molar-refractivity contribution in [2.45, 2.75) is 117 Å². The molecule has 4 fully saturated rings. The number of aliphatic hydroxyl groups is 4. The van der Waals surface area contributed by atoms with Crippen LogP contribution in [-0.4, -0.2) is 235 Å². The van der Waals surface area contributed by atoms with Gasteiger partial charge in [0.15, 0.2) is 10.3 Å². The standard InChI is InChI=1S/C33H57N2O28S3.Y/c1-12-16(8-55-5-14-13(2)59-18(7-53-3)21(34)24(14)37)61-31(33(42)43)29(23(12)36)57-10-19-22(35-64(44,45)46)25(38)15(17(60-19)11-58-65(47,48)49)6-56-9-20-27(63-66(50,51)52)26(39)28(54-4)30(62-20)32(40)41;/h12-31,34-39H,5-11H2,1-4H3,(H,40,41)(H,42,43)(H,44,45,46)(H,47,48,49)(H,50,51,52);/q-1;/p-5/t12?,13?,14-,15-,16-,17?,18-,19-,20-,21?,22?,23+,24-,25-,26+,27?,28+,29+,30?,31?;/m0./s1. The van der Waals surface area contributed by atoms with Gasteiger partial charge in [-0.2, -0.15) is 0 Å². The molecule has 30 nitrogen and oxygen atoms in total. The molecular weight excluding hydrogens is 1060 g/mol. The van der Waals surface area contributed by atoms with Crippen molar-refractivity contribution in [2.75, 3.05) is 60.5 Å². The van der Waals surface area contributed by atoms with E-state index in [0.717, 1.165) is 7.11 Å². The van der Waals surface area contributed by atoms with Crippen molar-refractivity contribution >= 4 is 43.0 Å². The summed E-state index contributed by atoms with van der Waals surface area (Å²) in [5, 5.41) is 68.2. The summed E-state index contributed by atoms with van der Waals surface area (Å²) in [6, 6.07) is -3.18. The second-order valence-electron chi connectivity index (χ2n) is 15.9. The van der Waals surface area contributed by atoms with Gasteiger partial charge in [0.05, 0.1) is 101 Å². The van der Waals surface area contributed by atoms with Crippen LogP contribution in [0.15, 0.2) is 0 Å². The Hall–Kier alpha value is -0.906. The van der Waals surface area contributed by atoms with Crippen molar-refractivity contribution in [2.24, 2.45) is 17.8 Å². The third-order valence-corrected chi connectivity index (χ3v) is 13.0. The van der Waals surface area contributed by atoms with E-state index < -0.39 is 191 Å². The predicted octanol–water partition coefficient (Wildman–Crippen LogP) is -8.87. The Bertz CT molecular complexity index is 1940. The molecule has 389 valence electrons. The molecule has 67 heavy (non-hydrogen) atoms. The van der Waals surface area contributed by atoms with Crippen molar-refractivity contribution in [3.63, 3.8) is 0 Å². The van der Waals surface area contributed by atoms with Crippen molar-refractivity contribution in [1.82, 2.24) is 4.72 Å². The average Bonchev–Trinajstić information content (AvgIpc) is 3.20. The molecule has 0 aromatic heterocycles. The normalized spacial score (nSPS) is 39.9. The molecule has 6 N–H and O–H groups in total. The average molecular weight is 1110 g/mol. The number of aliphatic hydroxyl groups excluding tert-OH is 4. The van der Waals surface area contributed by atoms with Gasteiger partial charge in [-0.1, -0.05) is 13.0 Å². The fourth-order valence-corrected chi connectivity index (χ4v) is 9.56. The molecule has 4 heterocycles. The van der Waals surface area contributed by atoms with Crippen molar-refractivity contribution in [3.8, 4) is 0 Å². The van der Waals surface area contributed by atoms with Crippen LogP contribution in [0.5, 0.6) is 0 Å². The van der Waals surface area contributed by atoms with Gasteiger partial charge in [-0.3, -0.25) is 8.37 Å². The second kappa shape index (κ2) is 25.7. The Labute approximate surface area is 409 Å². The summed E-state index contributed by atoms with van der Waals surface area (Å²) in [4.78, 5) is 24.1. The molecule has 4 saturated heterocycles. The maximum Gasteiger partial charge on any atom is 0.218 e. The topological polar surface area (TPSA) is 470 Å². The fourth-order valence-electron chi connectivity index (χ4n) is 8.13. The molecule has 0 aromatic rings. The molecule has 0 saturated carbocycles. The molecule has 0 spiro atoms. The maximum absolute atomic E-state index is 12.3. The van der Waals surface area contributed by atoms with Crippen LogP contribution in [0.1, 0.15) is 13.8 Å². The minimum atomic E-state index is -5.64. The number of carbonyl (C=O) groups excluding carboxylic acids is 2. The number of carboxylic acids is 2. The van der Waals surface area contributed by atoms with Crippen LogP contribution in [0.25, 0.3) is 5.73 Å². The first-order valence-corrected chi connectivity index (χ1v) is 23.9. The third-order valence-electron chi connectivity index (χ3n) is 11.6. The van der Waals surface area contributed by atoms with Crippen molar-refractivity contribution < 1.29 is 163 Å². The van der Waals surface area contributed by atoms with E-state index in [0.29, 0.717) is 0 Å². The number of aliphatic carboxylic acids is 2. The van der Waals surface area contributed by atoms with Crippen LogP contribution in [-0.2, 0) is 124 Å². The van der Waals surface area contributed by atoms with E-state index in [1.54, 1.807) is 11.6 Å². The van der Waals surface area contributed by atoms with Crippen LogP contribution < -0.4 is 14.9 Å². The van der Waals surface area contributed by atoms with Crippen molar-refractivity contribution in [3.05, 3.63) is 5.73 Å². The van der Waals surface area contributed by atoms with Crippen LogP contribution in [0, 0.1) is 17.8 Å². The summed E-state index contributed by atoms with van der Waals surface area (Å²) >= 11 is 0. The van der Waals surface area contributed by atoms with Gasteiger partial charge >= 0.3 is 0 Å². The Kier molecular flexibility index (Phi) is 23.1. The van der Waals surface area contributed by atoms with Crippen LogP contribution in [0.2, 0.25) is 0 Å². The first-order valence-electron chi connectivity index (χ1n) is 19.8. The molecule has 4 rings (SSSR count). The number of rotatable bonds is 23. The molecular formula is C33H52N2O28S3Y-6. The Morgan fingerprint density at radius 3 is 1.73 bits per heavy atom. The molecule has 1 radical (unpaired) electrons. The van der Waals surface area contributed by atoms with E-state index in [1.165, 1.54) is 14.0 Å². The number of methoxy groups -OCH3 is 2. The summed E-state index contributed by atoms with van der Waals surface area (Å²) in [5.41, 5.74) is 8.28. The summed E-state index contributed by atoms with van der Waals surface area (Å²) in [5.74, 6) is -7.37. The summed E-state index contributed by atoms with van der Waals surface area (Å²) < 4.78 is 164. The smallest absolute Gasteiger partial charge is 0.218 e. The SMILES string of the molecule is COC[C@@H]1OC(C)[C@H](COC[C@@H]2OC(C(=O)[O-])[C@H](OC[C@@H]3OC(COS(=O)(=O)[O-])[C@H](COC[C@@H]4OC(C(=O)[O-])[C@H](OC)[C@H](O)C4OS(=O)(=O)[O-])[C@H](O)C3NS(=O)(=O)[O-])[C@H](O)C2C)[C@H](O)C1[NH-].[Y]. The minimum Gasteiger partial charge on any atom is -0.735 e. The number of nitrogens with one attached hydrogen (secondary N) is 2. The molecule has 0 aromatic carbocycles. The third kappa shape index (κ3) is 16.6. The first kappa shape index (κ1) is 60.4. The van der Waals surface area contributed by atoms with E-state index in [4.69, 9.17) is 48.4 Å². The molecule has 0 aliphatic carbocycles. The van der Waals surface area contributed by atoms with Gasteiger partial charge in [-0.15, -0.1) is 0 Å². The van der Waals surface area contributed by atoms with Gasteiger partial charge in [-0.05, 0) is 6.92 Å². The first-order chi connectivity index (χ1) is 30.6. The zero-order chi connectivity index (χ0) is 49.6. The van der Waals surface area contributed by atoms with Gasteiger partial charge in [-0.25, -0.2) is 30.0 Å². The van der Waals surface area contributed by atoms with Crippen LogP contribution >= 0.6 is 0 Å². The Balaban J connectivity index is 0.0000119. The molecule has 4 aliphatic heterocycles. The van der Waals surface area contributed by atoms with Gasteiger partial charge in [0.25, 0.3) is 0 Å². The molecule has 34 heteroatoms. The molecule has 0 amide bonds. The van der Waals surface area contributed by atoms with Crippen LogP contribution in [0.3, 0.4) is 0 Å². The summed E-state index contributed by atoms with van der Waals surface area (Å²) in [6.45, 7) is -1.72. The van der Waals surface area contributed by atoms with Gasteiger partial charge in [0, 0.05) is 70.8 Å². The van der Waals surface area contributed by atoms with E-state index in [2.05, 4.69) is 8.37 Å². The molecule has 20 atom stereocenters. The zero-order valence-electron chi connectivity index (χ0n) is 35.9. The van der Waals surface area contributed by atoms with Crippen LogP contribution in [0.4, 0.5) is 0 Å². The molecule has 4 aliphatic rings. The van der Waals surface area contributed by atoms with Crippen molar-refractivity contribution in [1.29, 1.82) is 0 Å². The molecule has 8 unspecified atom stereocenters. The number of ether oxygens (including phenoxy) is 9. The van der Waals surface area contributed by atoms with E-state index in [9.17, 15) is 79.1 Å². The zero-order valence-corrected chi connectivity index (χ0v) is 41.2. The fraction of sp³-hybridized carbons (Fsp3) is 0.939. The summed E-state index contributed by atoms with van der Waals surface area (Å²) in [6.07, 6.45) is -25.7. The maximum atomic E-state index is 12.3. The number of carbonyl (C=O) groups is 2. The number of carboxylic acid groups (broad SMARTS) is 2. The van der Waals surface area contributed by atoms with Gasteiger partial charge in [0.1, 0.15) is 48.8 Å². The van der Waals surface area contributed by atoms with E-state index >= 15 is 0 Å². The monoisotopic (exact) mass is 1110 g/mol.